The molecule has 29 heavy (non-hydrogen) atoms. The van der Waals surface area contributed by atoms with Gasteiger partial charge in [-0.2, -0.15) is 0 Å². The molecule has 2 heterocycles. The molecule has 1 amide bonds. The second kappa shape index (κ2) is 9.60. The van der Waals surface area contributed by atoms with Gasteiger partial charge in [-0.3, -0.25) is 9.69 Å². The van der Waals surface area contributed by atoms with Crippen LogP contribution in [0, 0.1) is 5.92 Å². The maximum Gasteiger partial charge on any atom is 0.242 e. The van der Waals surface area contributed by atoms with E-state index in [0.29, 0.717) is 36.2 Å². The second-order valence-electron chi connectivity index (χ2n) is 8.07. The lowest BCUT2D eigenvalue weighted by atomic mass is 9.85. The first-order valence-corrected chi connectivity index (χ1v) is 12.7. The van der Waals surface area contributed by atoms with Crippen molar-refractivity contribution in [3.8, 4) is 0 Å². The molecule has 0 atom stereocenters. The molecule has 1 N–H and O–H groups in total. The van der Waals surface area contributed by atoms with Gasteiger partial charge in [0.25, 0.3) is 0 Å². The van der Waals surface area contributed by atoms with Crippen LogP contribution in [0.1, 0.15) is 39.5 Å². The minimum atomic E-state index is -3.67. The van der Waals surface area contributed by atoms with Crippen molar-refractivity contribution in [1.82, 2.24) is 19.5 Å². The van der Waals surface area contributed by atoms with Gasteiger partial charge in [-0.25, -0.2) is 18.1 Å². The highest BCUT2D eigenvalue weighted by Gasteiger charge is 2.33. The lowest BCUT2D eigenvalue weighted by molar-refractivity contribution is -0.138. The van der Waals surface area contributed by atoms with E-state index in [2.05, 4.69) is 44.4 Å². The van der Waals surface area contributed by atoms with E-state index >= 15 is 0 Å². The molecule has 1 aliphatic carbocycles. The predicted octanol–water partition coefficient (Wildman–Crippen LogP) is 2.89. The molecule has 2 aliphatic rings. The van der Waals surface area contributed by atoms with E-state index in [0.717, 1.165) is 26.2 Å². The highest BCUT2D eigenvalue weighted by atomic mass is 79.9. The van der Waals surface area contributed by atoms with Crippen LogP contribution < -0.4 is 4.72 Å². The van der Waals surface area contributed by atoms with Crippen LogP contribution in [0.2, 0.25) is 5.15 Å². The summed E-state index contributed by atoms with van der Waals surface area (Å²) in [7, 11) is -3.67. The standard InChI is InChI=1S/C19H28BrClN4O3S/c1-13(2)24-7-9-25(10-8-24)19(26)14-3-5-15(6-4-14)23-29(27,28)16-11-17(20)18(21)22-12-16/h11-15,23H,3-10H2,1-2H3. The molecule has 0 unspecified atom stereocenters. The molecule has 1 saturated carbocycles. The Bertz CT molecular complexity index is 836. The summed E-state index contributed by atoms with van der Waals surface area (Å²) in [6.07, 6.45) is 3.98. The van der Waals surface area contributed by atoms with E-state index in [1.54, 1.807) is 0 Å². The van der Waals surface area contributed by atoms with Crippen LogP contribution in [0.5, 0.6) is 0 Å². The van der Waals surface area contributed by atoms with Crippen molar-refractivity contribution in [2.45, 2.75) is 56.5 Å². The van der Waals surface area contributed by atoms with E-state index in [4.69, 9.17) is 11.6 Å². The normalized spacial score (nSPS) is 24.1. The topological polar surface area (TPSA) is 82.6 Å². The summed E-state index contributed by atoms with van der Waals surface area (Å²) in [6.45, 7) is 7.76. The number of piperazine rings is 1. The van der Waals surface area contributed by atoms with Gasteiger partial charge in [0, 0.05) is 50.4 Å². The Labute approximate surface area is 186 Å². The average molecular weight is 508 g/mol. The van der Waals surface area contributed by atoms with Gasteiger partial charge in [-0.15, -0.1) is 0 Å². The summed E-state index contributed by atoms with van der Waals surface area (Å²) < 4.78 is 28.4. The van der Waals surface area contributed by atoms with Crippen molar-refractivity contribution in [3.05, 3.63) is 21.9 Å². The number of nitrogens with zero attached hydrogens (tertiary/aromatic N) is 3. The van der Waals surface area contributed by atoms with Gasteiger partial charge in [0.1, 0.15) is 10.0 Å². The van der Waals surface area contributed by atoms with Crippen molar-refractivity contribution in [3.63, 3.8) is 0 Å². The number of halogens is 2. The molecule has 7 nitrogen and oxygen atoms in total. The first-order chi connectivity index (χ1) is 13.7. The van der Waals surface area contributed by atoms with Crippen LogP contribution in [0.15, 0.2) is 21.6 Å². The fourth-order valence-corrected chi connectivity index (χ4v) is 5.89. The minimum Gasteiger partial charge on any atom is -0.340 e. The summed E-state index contributed by atoms with van der Waals surface area (Å²) in [5.74, 6) is 0.216. The minimum absolute atomic E-state index is 0.00676. The lowest BCUT2D eigenvalue weighted by Crippen LogP contribution is -2.52. The quantitative estimate of drug-likeness (QED) is 0.620. The lowest BCUT2D eigenvalue weighted by Gasteiger charge is -2.39. The highest BCUT2D eigenvalue weighted by molar-refractivity contribution is 9.10. The summed E-state index contributed by atoms with van der Waals surface area (Å²) in [5.41, 5.74) is 0. The largest absolute Gasteiger partial charge is 0.340 e. The predicted molar refractivity (Wildman–Crippen MR) is 116 cm³/mol. The molecular weight excluding hydrogens is 480 g/mol. The Balaban J connectivity index is 1.51. The van der Waals surface area contributed by atoms with Crippen LogP contribution in [0.25, 0.3) is 0 Å². The Morgan fingerprint density at radius 3 is 2.38 bits per heavy atom. The zero-order valence-corrected chi connectivity index (χ0v) is 19.9. The number of hydrogen-bond donors (Lipinski definition) is 1. The van der Waals surface area contributed by atoms with Crippen molar-refractivity contribution < 1.29 is 13.2 Å². The molecule has 1 aromatic rings. The Hall–Kier alpha value is -0.740. The number of nitrogens with one attached hydrogen (secondary N) is 1. The molecule has 0 spiro atoms. The van der Waals surface area contributed by atoms with Crippen LogP contribution in [-0.4, -0.2) is 67.4 Å². The summed E-state index contributed by atoms with van der Waals surface area (Å²) in [5, 5.41) is 0.220. The number of aromatic nitrogens is 1. The summed E-state index contributed by atoms with van der Waals surface area (Å²) in [6, 6.07) is 1.78. The van der Waals surface area contributed by atoms with Gasteiger partial charge in [0.05, 0.1) is 4.47 Å². The monoisotopic (exact) mass is 506 g/mol. The van der Waals surface area contributed by atoms with E-state index in [9.17, 15) is 13.2 Å². The van der Waals surface area contributed by atoms with E-state index in [-0.39, 0.29) is 27.9 Å². The SMILES string of the molecule is CC(C)N1CCN(C(=O)C2CCC(NS(=O)(=O)c3cnc(Cl)c(Br)c3)CC2)CC1. The average Bonchev–Trinajstić information content (AvgIpc) is 2.70. The number of amides is 1. The van der Waals surface area contributed by atoms with Crippen LogP contribution in [0.4, 0.5) is 0 Å². The molecule has 2 fully saturated rings. The Kier molecular flexibility index (Phi) is 7.59. The first-order valence-electron chi connectivity index (χ1n) is 10.0. The second-order valence-corrected chi connectivity index (χ2v) is 11.0. The smallest absolute Gasteiger partial charge is 0.242 e. The maximum absolute atomic E-state index is 12.9. The fraction of sp³-hybridized carbons (Fsp3) is 0.684. The molecule has 3 rings (SSSR count). The number of hydrogen-bond acceptors (Lipinski definition) is 5. The summed E-state index contributed by atoms with van der Waals surface area (Å²) >= 11 is 9.05. The molecule has 0 aromatic carbocycles. The Morgan fingerprint density at radius 1 is 1.21 bits per heavy atom. The number of rotatable bonds is 5. The highest BCUT2D eigenvalue weighted by Crippen LogP contribution is 2.28. The number of sulfonamides is 1. The van der Waals surface area contributed by atoms with Crippen molar-refractivity contribution in [2.24, 2.45) is 5.92 Å². The molecular formula is C19H28BrClN4O3S. The molecule has 10 heteroatoms. The molecule has 162 valence electrons. The fourth-order valence-electron chi connectivity index (χ4n) is 4.01. The van der Waals surface area contributed by atoms with Crippen LogP contribution in [0.3, 0.4) is 0 Å². The van der Waals surface area contributed by atoms with Gasteiger partial charge in [-0.1, -0.05) is 11.6 Å². The van der Waals surface area contributed by atoms with Crippen molar-refractivity contribution in [2.75, 3.05) is 26.2 Å². The zero-order chi connectivity index (χ0) is 21.2. The number of pyridine rings is 1. The van der Waals surface area contributed by atoms with Crippen molar-refractivity contribution in [1.29, 1.82) is 0 Å². The molecule has 0 radical (unpaired) electrons. The molecule has 1 aliphatic heterocycles. The third-order valence-corrected chi connectivity index (χ3v) is 8.46. The summed E-state index contributed by atoms with van der Waals surface area (Å²) in [4.78, 5) is 21.2. The maximum atomic E-state index is 12.9. The first kappa shape index (κ1) is 22.9. The van der Waals surface area contributed by atoms with Crippen LogP contribution in [-0.2, 0) is 14.8 Å². The van der Waals surface area contributed by atoms with E-state index < -0.39 is 10.0 Å². The van der Waals surface area contributed by atoms with Gasteiger partial charge >= 0.3 is 0 Å². The zero-order valence-electron chi connectivity index (χ0n) is 16.8. The molecule has 1 aromatic heterocycles. The number of carbonyl (C=O) groups is 1. The van der Waals surface area contributed by atoms with Gasteiger partial charge < -0.3 is 4.90 Å². The van der Waals surface area contributed by atoms with Gasteiger partial charge in [0.2, 0.25) is 15.9 Å². The van der Waals surface area contributed by atoms with Gasteiger partial charge in [-0.05, 0) is 61.5 Å². The molecule has 1 saturated heterocycles. The molecule has 0 bridgehead atoms. The Morgan fingerprint density at radius 2 is 1.83 bits per heavy atom. The van der Waals surface area contributed by atoms with Crippen LogP contribution >= 0.6 is 27.5 Å². The van der Waals surface area contributed by atoms with Gasteiger partial charge in [0.15, 0.2) is 0 Å². The third kappa shape index (κ3) is 5.70. The van der Waals surface area contributed by atoms with Crippen molar-refractivity contribution >= 4 is 43.5 Å². The van der Waals surface area contributed by atoms with E-state index in [1.807, 2.05) is 4.90 Å². The van der Waals surface area contributed by atoms with E-state index in [1.165, 1.54) is 12.3 Å². The number of carbonyl (C=O) groups excluding carboxylic acids is 1. The third-order valence-electron chi connectivity index (χ3n) is 5.84.